The van der Waals surface area contributed by atoms with E-state index in [2.05, 4.69) is 10.6 Å². The van der Waals surface area contributed by atoms with Crippen molar-refractivity contribution >= 4 is 29.4 Å². The first-order chi connectivity index (χ1) is 24.3. The van der Waals surface area contributed by atoms with Crippen molar-refractivity contribution in [2.75, 3.05) is 26.7 Å². The zero-order valence-corrected chi connectivity index (χ0v) is 30.5. The van der Waals surface area contributed by atoms with Gasteiger partial charge in [0.2, 0.25) is 5.91 Å². The fraction of sp³-hybridized carbons (Fsp3) is 0.459. The molecule has 0 spiro atoms. The summed E-state index contributed by atoms with van der Waals surface area (Å²) < 4.78 is 63.2. The lowest BCUT2D eigenvalue weighted by Crippen LogP contribution is -2.53. The average Bonchev–Trinajstić information content (AvgIpc) is 3.00. The quantitative estimate of drug-likeness (QED) is 0.171. The number of carbonyl (C=O) groups is 3. The van der Waals surface area contributed by atoms with Crippen molar-refractivity contribution in [3.63, 3.8) is 0 Å². The van der Waals surface area contributed by atoms with Crippen LogP contribution in [0.3, 0.4) is 0 Å². The molecule has 0 radical (unpaired) electrons. The van der Waals surface area contributed by atoms with Gasteiger partial charge in [0.05, 0.1) is 18.6 Å². The molecule has 10 nitrogen and oxygen atoms in total. The normalized spacial score (nSPS) is 14.9. The van der Waals surface area contributed by atoms with Gasteiger partial charge in [-0.1, -0.05) is 25.4 Å². The number of rotatable bonds is 14. The number of carboxylic acid groups (broad SMARTS) is 1. The number of ether oxygens (including phenoxy) is 1. The third kappa shape index (κ3) is 9.58. The number of alkyl halides is 3. The Morgan fingerprint density at radius 3 is 2.19 bits per heavy atom. The van der Waals surface area contributed by atoms with E-state index < -0.39 is 65.1 Å². The second-order valence-electron chi connectivity index (χ2n) is 13.6. The number of nitrogens with zero attached hydrogens (tertiary/aromatic N) is 2. The van der Waals surface area contributed by atoms with E-state index in [1.165, 1.54) is 20.1 Å². The molecule has 0 aliphatic carbocycles. The third-order valence-electron chi connectivity index (χ3n) is 9.07. The smallest absolute Gasteiger partial charge is 0.431 e. The molecule has 15 heteroatoms. The number of methoxy groups -OCH3 is 1. The van der Waals surface area contributed by atoms with Gasteiger partial charge in [0, 0.05) is 43.9 Å². The van der Waals surface area contributed by atoms with Gasteiger partial charge in [0.1, 0.15) is 23.1 Å². The Labute approximate surface area is 304 Å². The molecular formula is C37H43ClF4N4O6. The lowest BCUT2D eigenvalue weighted by atomic mass is 9.90. The molecule has 1 aromatic heterocycles. The first-order valence-electron chi connectivity index (χ1n) is 16.8. The largest absolute Gasteiger partial charge is 0.481 e. The number of amides is 2. The van der Waals surface area contributed by atoms with Crippen LogP contribution in [0.2, 0.25) is 5.02 Å². The highest BCUT2D eigenvalue weighted by molar-refractivity contribution is 6.30. The molecule has 1 fully saturated rings. The van der Waals surface area contributed by atoms with Crippen LogP contribution in [0.1, 0.15) is 71.0 Å². The van der Waals surface area contributed by atoms with Gasteiger partial charge in [-0.05, 0) is 97.3 Å². The van der Waals surface area contributed by atoms with Crippen molar-refractivity contribution in [2.45, 2.75) is 78.4 Å². The maximum atomic E-state index is 15.8. The van der Waals surface area contributed by atoms with Crippen molar-refractivity contribution < 1.29 is 41.8 Å². The van der Waals surface area contributed by atoms with Crippen LogP contribution in [0.25, 0.3) is 11.1 Å². The summed E-state index contributed by atoms with van der Waals surface area (Å²) in [5, 5.41) is 15.3. The SMILES string of the molecule is COC1CN(CCn2c(C(F)(F)F)ccc(C(=O)N[C@@H](CC(C)C)C(=O)N[C@@H](CC(=O)O)c3cc(-c4c(C)cc(Cl)cc4C)cc(C)c3F)c2=O)C1. The fourth-order valence-electron chi connectivity index (χ4n) is 6.50. The summed E-state index contributed by atoms with van der Waals surface area (Å²) in [5.41, 5.74) is -0.0129. The van der Waals surface area contributed by atoms with E-state index in [-0.39, 0.29) is 42.7 Å². The second kappa shape index (κ2) is 16.6. The summed E-state index contributed by atoms with van der Waals surface area (Å²) in [5.74, 6) is -4.25. The minimum atomic E-state index is -4.88. The molecule has 2 aromatic carbocycles. The molecule has 0 saturated carbocycles. The summed E-state index contributed by atoms with van der Waals surface area (Å²) in [6.45, 7) is 9.39. The number of hydrogen-bond donors (Lipinski definition) is 3. The van der Waals surface area contributed by atoms with Crippen LogP contribution >= 0.6 is 11.6 Å². The molecule has 2 heterocycles. The van der Waals surface area contributed by atoms with Crippen LogP contribution in [0.4, 0.5) is 17.6 Å². The van der Waals surface area contributed by atoms with Crippen LogP contribution in [-0.2, 0) is 27.0 Å². The minimum Gasteiger partial charge on any atom is -0.481 e. The fourth-order valence-corrected chi connectivity index (χ4v) is 6.83. The van der Waals surface area contributed by atoms with Gasteiger partial charge in [0.25, 0.3) is 11.5 Å². The number of aryl methyl sites for hydroxylation is 3. The number of likely N-dealkylation sites (tertiary alicyclic amines) is 1. The molecule has 1 aliphatic rings. The first-order valence-corrected chi connectivity index (χ1v) is 17.1. The van der Waals surface area contributed by atoms with Crippen molar-refractivity contribution in [3.8, 4) is 11.1 Å². The molecule has 2 atom stereocenters. The van der Waals surface area contributed by atoms with Crippen LogP contribution in [0.15, 0.2) is 41.2 Å². The van der Waals surface area contributed by atoms with Crippen LogP contribution in [-0.4, -0.2) is 71.2 Å². The number of aliphatic carboxylic acids is 1. The first kappa shape index (κ1) is 40.5. The topological polar surface area (TPSA) is 130 Å². The predicted molar refractivity (Wildman–Crippen MR) is 188 cm³/mol. The van der Waals surface area contributed by atoms with Gasteiger partial charge in [-0.25, -0.2) is 4.39 Å². The van der Waals surface area contributed by atoms with Gasteiger partial charge in [-0.15, -0.1) is 0 Å². The summed E-state index contributed by atoms with van der Waals surface area (Å²) in [6, 6.07) is 5.23. The number of pyridine rings is 1. The van der Waals surface area contributed by atoms with E-state index >= 15 is 4.39 Å². The standard InChI is InChI=1S/C37H43ClF4N4O6/c1-19(2)11-29(44-34(49)26-7-8-30(37(40,41)42)46(36(26)51)10-9-45-17-25(18-45)52-6)35(50)43-28(16-31(47)48)27-15-23(12-22(5)33(27)39)32-20(3)13-24(38)14-21(32)4/h7-8,12-15,19,25,28-29H,9-11,16-18H2,1-6H3,(H,43,50)(H,44,49)(H,47,48)/t28-,29-/m0/s1. The van der Waals surface area contributed by atoms with E-state index in [0.717, 1.165) is 22.8 Å². The highest BCUT2D eigenvalue weighted by Gasteiger charge is 2.37. The Balaban J connectivity index is 1.65. The lowest BCUT2D eigenvalue weighted by molar-refractivity contribution is -0.144. The monoisotopic (exact) mass is 750 g/mol. The highest BCUT2D eigenvalue weighted by atomic mass is 35.5. The second-order valence-corrected chi connectivity index (χ2v) is 14.1. The molecule has 3 aromatic rings. The molecule has 3 N–H and O–H groups in total. The van der Waals surface area contributed by atoms with E-state index in [9.17, 15) is 37.5 Å². The minimum absolute atomic E-state index is 0.00648. The van der Waals surface area contributed by atoms with E-state index in [0.29, 0.717) is 34.3 Å². The molecule has 52 heavy (non-hydrogen) atoms. The van der Waals surface area contributed by atoms with E-state index in [1.807, 2.05) is 18.7 Å². The van der Waals surface area contributed by atoms with Gasteiger partial charge in [0.15, 0.2) is 0 Å². The van der Waals surface area contributed by atoms with Gasteiger partial charge in [-0.3, -0.25) is 24.1 Å². The third-order valence-corrected chi connectivity index (χ3v) is 9.29. The number of benzene rings is 2. The number of carboxylic acids is 1. The number of carbonyl (C=O) groups excluding carboxylic acids is 2. The summed E-state index contributed by atoms with van der Waals surface area (Å²) in [4.78, 5) is 54.5. The van der Waals surface area contributed by atoms with Gasteiger partial charge < -0.3 is 25.0 Å². The summed E-state index contributed by atoms with van der Waals surface area (Å²) >= 11 is 6.21. The Morgan fingerprint density at radius 2 is 1.63 bits per heavy atom. The number of hydrogen-bond acceptors (Lipinski definition) is 6. The van der Waals surface area contributed by atoms with E-state index in [1.54, 1.807) is 32.0 Å². The van der Waals surface area contributed by atoms with Crippen molar-refractivity contribution in [1.82, 2.24) is 20.1 Å². The number of nitrogens with one attached hydrogen (secondary N) is 2. The zero-order valence-electron chi connectivity index (χ0n) is 29.8. The van der Waals surface area contributed by atoms with Crippen LogP contribution in [0.5, 0.6) is 0 Å². The van der Waals surface area contributed by atoms with Crippen molar-refractivity contribution in [2.24, 2.45) is 5.92 Å². The van der Waals surface area contributed by atoms with E-state index in [4.69, 9.17) is 16.3 Å². The predicted octanol–water partition coefficient (Wildman–Crippen LogP) is 6.06. The van der Waals surface area contributed by atoms with Crippen molar-refractivity contribution in [1.29, 1.82) is 0 Å². The van der Waals surface area contributed by atoms with Crippen LogP contribution < -0.4 is 16.2 Å². The van der Waals surface area contributed by atoms with Crippen LogP contribution in [0, 0.1) is 32.5 Å². The Hall–Kier alpha value is -4.27. The maximum absolute atomic E-state index is 15.8. The molecule has 0 unspecified atom stereocenters. The molecule has 1 saturated heterocycles. The number of aromatic nitrogens is 1. The Morgan fingerprint density at radius 1 is 1.00 bits per heavy atom. The Bertz CT molecular complexity index is 1870. The molecule has 0 bridgehead atoms. The van der Waals surface area contributed by atoms with Crippen molar-refractivity contribution in [3.05, 3.63) is 91.1 Å². The average molecular weight is 751 g/mol. The maximum Gasteiger partial charge on any atom is 0.431 e. The molecule has 1 aliphatic heterocycles. The van der Waals surface area contributed by atoms with Gasteiger partial charge >= 0.3 is 12.1 Å². The molecule has 282 valence electrons. The highest BCUT2D eigenvalue weighted by Crippen LogP contribution is 2.35. The molecule has 4 rings (SSSR count). The molecular weight excluding hydrogens is 708 g/mol. The lowest BCUT2D eigenvalue weighted by Gasteiger charge is -2.38. The summed E-state index contributed by atoms with van der Waals surface area (Å²) in [7, 11) is 1.52. The summed E-state index contributed by atoms with van der Waals surface area (Å²) in [6.07, 6.45) is -5.64. The van der Waals surface area contributed by atoms with Gasteiger partial charge in [-0.2, -0.15) is 13.2 Å². The zero-order chi connectivity index (χ0) is 38.7. The number of halogens is 5. The Kier molecular flexibility index (Phi) is 12.9. The molecule has 2 amide bonds.